The number of ether oxygens (including phenoxy) is 2. The molecule has 0 aliphatic heterocycles. The van der Waals surface area contributed by atoms with Crippen LogP contribution in [0.1, 0.15) is 6.92 Å². The largest absolute Gasteiger partial charge is 0.483 e. The molecule has 1 aromatic carbocycles. The van der Waals surface area contributed by atoms with Crippen LogP contribution in [0.5, 0.6) is 5.75 Å². The quantitative estimate of drug-likeness (QED) is 0.353. The maximum atomic E-state index is 14.4. The molecule has 0 heterocycles. The van der Waals surface area contributed by atoms with E-state index in [1.54, 1.807) is 0 Å². The van der Waals surface area contributed by atoms with Gasteiger partial charge in [0.05, 0.1) is 14.2 Å². The first-order valence-electron chi connectivity index (χ1n) is 6.57. The molecular formula is C13H14F2O9S2. The van der Waals surface area contributed by atoms with Crippen molar-refractivity contribution in [3.05, 3.63) is 30.3 Å². The predicted octanol–water partition coefficient (Wildman–Crippen LogP) is 0.465. The Morgan fingerprint density at radius 3 is 1.73 bits per heavy atom. The molecule has 0 aliphatic rings. The highest BCUT2D eigenvalue weighted by Crippen LogP contribution is 2.39. The van der Waals surface area contributed by atoms with E-state index in [1.165, 1.54) is 18.2 Å². The minimum Gasteiger partial charge on any atom is -0.467 e. The summed E-state index contributed by atoms with van der Waals surface area (Å²) >= 11 is 0. The van der Waals surface area contributed by atoms with Gasteiger partial charge in [-0.2, -0.15) is 17.2 Å². The fraction of sp³-hybridized carbons (Fsp3) is 0.385. The molecular weight excluding hydrogens is 402 g/mol. The fourth-order valence-corrected chi connectivity index (χ4v) is 4.93. The van der Waals surface area contributed by atoms with Crippen LogP contribution in [0.3, 0.4) is 0 Å². The Labute approximate surface area is 147 Å². The van der Waals surface area contributed by atoms with Gasteiger partial charge in [-0.05, 0) is 19.1 Å². The average Bonchev–Trinajstić information content (AvgIpc) is 2.59. The van der Waals surface area contributed by atoms with Crippen LogP contribution in [-0.4, -0.2) is 52.3 Å². The van der Waals surface area contributed by atoms with Crippen LogP contribution in [0.4, 0.5) is 8.78 Å². The third-order valence-corrected chi connectivity index (χ3v) is 7.54. The van der Waals surface area contributed by atoms with Crippen molar-refractivity contribution in [2.75, 3.05) is 14.2 Å². The molecule has 0 N–H and O–H groups in total. The lowest BCUT2D eigenvalue weighted by atomic mass is 10.2. The SMILES string of the molecule is COC(=O)C(C)(C(=O)OC)S(=O)(=O)C(F)(F)S(=O)(=O)Oc1ccccc1. The average molecular weight is 416 g/mol. The van der Waals surface area contributed by atoms with Gasteiger partial charge in [0.25, 0.3) is 14.6 Å². The standard InChI is InChI=1S/C13H14F2O9S2/c1-12(10(16)22-2,11(17)23-3)25(18,19)13(14,15)26(20,21)24-9-7-5-4-6-8-9/h4-8H,1-3H3. The summed E-state index contributed by atoms with van der Waals surface area (Å²) < 4.78 is 80.1. The van der Waals surface area contributed by atoms with Gasteiger partial charge in [-0.25, -0.2) is 18.0 Å². The Balaban J connectivity index is 3.56. The zero-order valence-corrected chi connectivity index (χ0v) is 15.3. The van der Waals surface area contributed by atoms with E-state index in [4.69, 9.17) is 0 Å². The number of esters is 2. The van der Waals surface area contributed by atoms with Crippen molar-refractivity contribution in [3.8, 4) is 5.75 Å². The number of hydrogen-bond acceptors (Lipinski definition) is 9. The number of carbonyl (C=O) groups excluding carboxylic acids is 2. The summed E-state index contributed by atoms with van der Waals surface area (Å²) in [5.41, 5.74) is 0. The molecule has 13 heteroatoms. The molecule has 0 aromatic heterocycles. The van der Waals surface area contributed by atoms with E-state index in [0.29, 0.717) is 14.2 Å². The molecule has 0 radical (unpaired) electrons. The highest BCUT2D eigenvalue weighted by atomic mass is 32.3. The zero-order valence-electron chi connectivity index (χ0n) is 13.6. The highest BCUT2D eigenvalue weighted by molar-refractivity contribution is 8.09. The van der Waals surface area contributed by atoms with Gasteiger partial charge in [-0.3, -0.25) is 0 Å². The third kappa shape index (κ3) is 3.23. The molecule has 9 nitrogen and oxygen atoms in total. The Hall–Kier alpha value is -2.28. The Morgan fingerprint density at radius 1 is 0.923 bits per heavy atom. The highest BCUT2D eigenvalue weighted by Gasteiger charge is 2.72. The Kier molecular flexibility index (Phi) is 5.98. The summed E-state index contributed by atoms with van der Waals surface area (Å²) in [6.45, 7) is 0.242. The number of halogens is 2. The first-order valence-corrected chi connectivity index (χ1v) is 9.46. The molecule has 0 atom stereocenters. The summed E-state index contributed by atoms with van der Waals surface area (Å²) in [4.78, 5) is 23.5. The van der Waals surface area contributed by atoms with Crippen molar-refractivity contribution in [2.45, 2.75) is 16.3 Å². The van der Waals surface area contributed by atoms with Gasteiger partial charge >= 0.3 is 26.6 Å². The molecule has 0 spiro atoms. The fourth-order valence-electron chi connectivity index (χ4n) is 1.72. The van der Waals surface area contributed by atoms with Crippen molar-refractivity contribution in [3.63, 3.8) is 0 Å². The number of rotatable bonds is 7. The molecule has 146 valence electrons. The van der Waals surface area contributed by atoms with E-state index in [2.05, 4.69) is 13.7 Å². The van der Waals surface area contributed by atoms with E-state index >= 15 is 0 Å². The number of para-hydroxylation sites is 1. The van der Waals surface area contributed by atoms with Crippen LogP contribution in [0.25, 0.3) is 0 Å². The van der Waals surface area contributed by atoms with Crippen LogP contribution < -0.4 is 4.18 Å². The number of benzene rings is 1. The molecule has 0 bridgehead atoms. The minimum absolute atomic E-state index is 0.242. The van der Waals surface area contributed by atoms with Gasteiger partial charge in [0.1, 0.15) is 5.75 Å². The smallest absolute Gasteiger partial charge is 0.467 e. The van der Waals surface area contributed by atoms with E-state index < -0.39 is 47.0 Å². The zero-order chi connectivity index (χ0) is 20.4. The van der Waals surface area contributed by atoms with Crippen LogP contribution in [-0.2, 0) is 39.0 Å². The molecule has 0 saturated heterocycles. The molecule has 1 aromatic rings. The first kappa shape index (κ1) is 21.8. The van der Waals surface area contributed by atoms with Gasteiger partial charge in [0.2, 0.25) is 0 Å². The van der Waals surface area contributed by atoms with Crippen molar-refractivity contribution in [2.24, 2.45) is 0 Å². The number of hydrogen-bond donors (Lipinski definition) is 0. The van der Waals surface area contributed by atoms with Crippen molar-refractivity contribution in [1.29, 1.82) is 0 Å². The van der Waals surface area contributed by atoms with Gasteiger partial charge in [0, 0.05) is 0 Å². The summed E-state index contributed by atoms with van der Waals surface area (Å²) in [6.07, 6.45) is 0. The molecule has 0 aliphatic carbocycles. The topological polar surface area (TPSA) is 130 Å². The number of methoxy groups -OCH3 is 2. The minimum atomic E-state index is -6.40. The van der Waals surface area contributed by atoms with Crippen LogP contribution in [0.2, 0.25) is 0 Å². The summed E-state index contributed by atoms with van der Waals surface area (Å²) in [5, 5.41) is 0. The molecule has 26 heavy (non-hydrogen) atoms. The number of carbonyl (C=O) groups is 2. The Morgan fingerprint density at radius 2 is 1.35 bits per heavy atom. The van der Waals surface area contributed by atoms with E-state index in [9.17, 15) is 35.2 Å². The summed E-state index contributed by atoms with van der Waals surface area (Å²) in [7, 11) is -11.3. The third-order valence-electron chi connectivity index (χ3n) is 3.24. The van der Waals surface area contributed by atoms with E-state index in [0.717, 1.165) is 12.1 Å². The summed E-state index contributed by atoms with van der Waals surface area (Å²) in [6, 6.07) is 5.84. The molecule has 0 unspecified atom stereocenters. The summed E-state index contributed by atoms with van der Waals surface area (Å²) in [5.74, 6) is -4.53. The lowest BCUT2D eigenvalue weighted by Crippen LogP contribution is -2.59. The molecule has 0 fully saturated rings. The predicted molar refractivity (Wildman–Crippen MR) is 82.3 cm³/mol. The number of alkyl halides is 2. The van der Waals surface area contributed by atoms with Crippen LogP contribution in [0.15, 0.2) is 30.3 Å². The number of sulfone groups is 1. The van der Waals surface area contributed by atoms with E-state index in [-0.39, 0.29) is 6.92 Å². The molecule has 1 rings (SSSR count). The van der Waals surface area contributed by atoms with Gasteiger partial charge < -0.3 is 13.7 Å². The van der Waals surface area contributed by atoms with Crippen molar-refractivity contribution < 1.29 is 48.9 Å². The second-order valence-corrected chi connectivity index (χ2v) is 9.02. The molecule has 0 amide bonds. The van der Waals surface area contributed by atoms with Gasteiger partial charge in [-0.15, -0.1) is 0 Å². The van der Waals surface area contributed by atoms with Crippen molar-refractivity contribution >= 4 is 31.9 Å². The second kappa shape index (κ2) is 7.15. The maximum absolute atomic E-state index is 14.4. The lowest BCUT2D eigenvalue weighted by Gasteiger charge is -2.27. The lowest BCUT2D eigenvalue weighted by molar-refractivity contribution is -0.155. The molecule has 0 saturated carbocycles. The van der Waals surface area contributed by atoms with Crippen molar-refractivity contribution in [1.82, 2.24) is 0 Å². The van der Waals surface area contributed by atoms with Crippen LogP contribution in [0, 0.1) is 0 Å². The van der Waals surface area contributed by atoms with Gasteiger partial charge in [0.15, 0.2) is 0 Å². The van der Waals surface area contributed by atoms with Crippen LogP contribution >= 0.6 is 0 Å². The first-order chi connectivity index (χ1) is 11.8. The Bertz CT molecular complexity index is 877. The van der Waals surface area contributed by atoms with Gasteiger partial charge in [-0.1, -0.05) is 18.2 Å². The maximum Gasteiger partial charge on any atom is 0.483 e. The normalized spacial score (nSPS) is 13.0. The van der Waals surface area contributed by atoms with E-state index in [1.807, 2.05) is 0 Å². The monoisotopic (exact) mass is 416 g/mol. The second-order valence-electron chi connectivity index (χ2n) is 4.83.